The molecule has 1 aliphatic rings. The summed E-state index contributed by atoms with van der Waals surface area (Å²) in [5.41, 5.74) is 4.70. The normalized spacial score (nSPS) is 14.3. The summed E-state index contributed by atoms with van der Waals surface area (Å²) in [6, 6.07) is 22.0. The molecule has 1 fully saturated rings. The fourth-order valence-corrected chi connectivity index (χ4v) is 5.98. The average Bonchev–Trinajstić information content (AvgIpc) is 2.89. The van der Waals surface area contributed by atoms with Gasteiger partial charge in [0, 0.05) is 43.4 Å². The third-order valence-electron chi connectivity index (χ3n) is 6.80. The molecule has 0 N–H and O–H groups in total. The zero-order valence-electron chi connectivity index (χ0n) is 20.7. The van der Waals surface area contributed by atoms with Crippen molar-refractivity contribution in [1.29, 1.82) is 0 Å². The number of halogens is 1. The number of benzene rings is 3. The SMILES string of the molecule is Cc1cccc(N2CCN(C(=O)CN(CCc3ccccc3)S(=O)(=O)c3ccc(Cl)cc3)CC2)c1C. The second kappa shape index (κ2) is 11.5. The van der Waals surface area contributed by atoms with Crippen LogP contribution in [0.1, 0.15) is 16.7 Å². The number of aryl methyl sites for hydroxylation is 1. The van der Waals surface area contributed by atoms with Crippen molar-refractivity contribution in [3.05, 3.63) is 94.5 Å². The van der Waals surface area contributed by atoms with E-state index in [0.29, 0.717) is 37.6 Å². The highest BCUT2D eigenvalue weighted by Crippen LogP contribution is 2.24. The predicted molar refractivity (Wildman–Crippen MR) is 145 cm³/mol. The second-order valence-corrected chi connectivity index (χ2v) is 11.5. The molecule has 0 aromatic heterocycles. The Bertz CT molecular complexity index is 1290. The lowest BCUT2D eigenvalue weighted by Gasteiger charge is -2.37. The van der Waals surface area contributed by atoms with Gasteiger partial charge in [-0.1, -0.05) is 54.1 Å². The van der Waals surface area contributed by atoms with Gasteiger partial charge >= 0.3 is 0 Å². The van der Waals surface area contributed by atoms with Crippen molar-refractivity contribution in [3.63, 3.8) is 0 Å². The number of amides is 1. The first-order valence-corrected chi connectivity index (χ1v) is 14.0. The number of rotatable bonds is 8. The van der Waals surface area contributed by atoms with Gasteiger partial charge in [-0.05, 0) is 67.3 Å². The molecule has 3 aromatic carbocycles. The van der Waals surface area contributed by atoms with Gasteiger partial charge in [-0.25, -0.2) is 8.42 Å². The first kappa shape index (κ1) is 26.2. The number of anilines is 1. The average molecular weight is 526 g/mol. The van der Waals surface area contributed by atoms with Crippen molar-refractivity contribution in [1.82, 2.24) is 9.21 Å². The Labute approximate surface area is 219 Å². The summed E-state index contributed by atoms with van der Waals surface area (Å²) in [6.07, 6.45) is 0.515. The number of carbonyl (C=O) groups is 1. The van der Waals surface area contributed by atoms with E-state index in [9.17, 15) is 13.2 Å². The van der Waals surface area contributed by atoms with E-state index in [2.05, 4.69) is 36.9 Å². The van der Waals surface area contributed by atoms with E-state index in [1.165, 1.54) is 33.3 Å². The first-order valence-electron chi connectivity index (χ1n) is 12.1. The molecule has 36 heavy (non-hydrogen) atoms. The highest BCUT2D eigenvalue weighted by molar-refractivity contribution is 7.89. The highest BCUT2D eigenvalue weighted by atomic mass is 35.5. The minimum Gasteiger partial charge on any atom is -0.368 e. The van der Waals surface area contributed by atoms with Crippen LogP contribution < -0.4 is 4.90 Å². The molecular formula is C28H32ClN3O3S. The summed E-state index contributed by atoms with van der Waals surface area (Å²) >= 11 is 5.97. The van der Waals surface area contributed by atoms with Gasteiger partial charge in [-0.15, -0.1) is 0 Å². The second-order valence-electron chi connectivity index (χ2n) is 9.11. The molecule has 1 amide bonds. The van der Waals surface area contributed by atoms with Crippen LogP contribution in [0, 0.1) is 13.8 Å². The predicted octanol–water partition coefficient (Wildman–Crippen LogP) is 4.54. The Kier molecular flexibility index (Phi) is 8.34. The van der Waals surface area contributed by atoms with E-state index in [1.54, 1.807) is 17.0 Å². The van der Waals surface area contributed by atoms with Crippen LogP contribution in [-0.4, -0.2) is 62.8 Å². The highest BCUT2D eigenvalue weighted by Gasteiger charge is 2.30. The lowest BCUT2D eigenvalue weighted by Crippen LogP contribution is -2.52. The van der Waals surface area contributed by atoms with Crippen LogP contribution in [0.3, 0.4) is 0 Å². The molecule has 6 nitrogen and oxygen atoms in total. The molecule has 8 heteroatoms. The Morgan fingerprint density at radius 3 is 2.22 bits per heavy atom. The molecule has 190 valence electrons. The van der Waals surface area contributed by atoms with E-state index < -0.39 is 10.0 Å². The minimum atomic E-state index is -3.87. The quantitative estimate of drug-likeness (QED) is 0.433. The Hall–Kier alpha value is -2.87. The number of carbonyl (C=O) groups excluding carboxylic acids is 1. The summed E-state index contributed by atoms with van der Waals surface area (Å²) in [5, 5.41) is 0.461. The molecule has 0 radical (unpaired) electrons. The summed E-state index contributed by atoms with van der Waals surface area (Å²) in [5.74, 6) is -0.179. The third-order valence-corrected chi connectivity index (χ3v) is 8.92. The maximum atomic E-state index is 13.5. The molecule has 0 spiro atoms. The standard InChI is InChI=1S/C28H32ClN3O3S/c1-22-7-6-10-27(23(22)2)30-17-19-31(20-18-30)28(33)21-32(16-15-24-8-4-3-5-9-24)36(34,35)26-13-11-25(29)12-14-26/h3-14H,15-21H2,1-2H3. The van der Waals surface area contributed by atoms with Crippen LogP contribution in [0.5, 0.6) is 0 Å². The van der Waals surface area contributed by atoms with Gasteiger partial charge in [0.2, 0.25) is 15.9 Å². The maximum absolute atomic E-state index is 13.5. The number of hydrogen-bond donors (Lipinski definition) is 0. The topological polar surface area (TPSA) is 60.9 Å². The van der Waals surface area contributed by atoms with E-state index in [4.69, 9.17) is 11.6 Å². The van der Waals surface area contributed by atoms with Gasteiger partial charge in [0.05, 0.1) is 11.4 Å². The monoisotopic (exact) mass is 525 g/mol. The van der Waals surface area contributed by atoms with Crippen LogP contribution in [0.15, 0.2) is 77.7 Å². The Morgan fingerprint density at radius 2 is 1.56 bits per heavy atom. The van der Waals surface area contributed by atoms with E-state index in [1.807, 2.05) is 30.3 Å². The summed E-state index contributed by atoms with van der Waals surface area (Å²) in [7, 11) is -3.87. The lowest BCUT2D eigenvalue weighted by molar-refractivity contribution is -0.131. The molecule has 0 bridgehead atoms. The number of piperazine rings is 1. The van der Waals surface area contributed by atoms with Crippen molar-refractivity contribution in [2.75, 3.05) is 44.2 Å². The molecule has 3 aromatic rings. The number of nitrogens with zero attached hydrogens (tertiary/aromatic N) is 3. The van der Waals surface area contributed by atoms with Gasteiger partial charge in [0.25, 0.3) is 0 Å². The van der Waals surface area contributed by atoms with Gasteiger partial charge in [0.1, 0.15) is 0 Å². The fourth-order valence-electron chi connectivity index (χ4n) is 4.46. The molecule has 0 unspecified atom stereocenters. The summed E-state index contributed by atoms with van der Waals surface area (Å²) in [4.78, 5) is 17.5. The zero-order chi connectivity index (χ0) is 25.7. The molecule has 0 aliphatic carbocycles. The first-order chi connectivity index (χ1) is 17.3. The summed E-state index contributed by atoms with van der Waals surface area (Å²) in [6.45, 7) is 6.77. The molecule has 1 heterocycles. The molecule has 0 saturated carbocycles. The minimum absolute atomic E-state index is 0.132. The zero-order valence-corrected chi connectivity index (χ0v) is 22.3. The molecule has 4 rings (SSSR count). The molecule has 0 atom stereocenters. The van der Waals surface area contributed by atoms with E-state index in [-0.39, 0.29) is 23.9 Å². The van der Waals surface area contributed by atoms with Crippen molar-refractivity contribution in [2.45, 2.75) is 25.2 Å². The van der Waals surface area contributed by atoms with Gasteiger partial charge < -0.3 is 9.80 Å². The molecular weight excluding hydrogens is 494 g/mol. The Morgan fingerprint density at radius 1 is 0.889 bits per heavy atom. The molecule has 1 saturated heterocycles. The van der Waals surface area contributed by atoms with Crippen molar-refractivity contribution in [3.8, 4) is 0 Å². The maximum Gasteiger partial charge on any atom is 0.243 e. The number of hydrogen-bond acceptors (Lipinski definition) is 4. The lowest BCUT2D eigenvalue weighted by atomic mass is 10.1. The van der Waals surface area contributed by atoms with Crippen LogP contribution in [0.25, 0.3) is 0 Å². The van der Waals surface area contributed by atoms with Crippen LogP contribution >= 0.6 is 11.6 Å². The van der Waals surface area contributed by atoms with Gasteiger partial charge in [-0.3, -0.25) is 4.79 Å². The fraction of sp³-hybridized carbons (Fsp3) is 0.321. The van der Waals surface area contributed by atoms with E-state index >= 15 is 0 Å². The molecule has 1 aliphatic heterocycles. The van der Waals surface area contributed by atoms with Gasteiger partial charge in [-0.2, -0.15) is 4.31 Å². The van der Waals surface area contributed by atoms with Crippen LogP contribution in [0.4, 0.5) is 5.69 Å². The van der Waals surface area contributed by atoms with Gasteiger partial charge in [0.15, 0.2) is 0 Å². The largest absolute Gasteiger partial charge is 0.368 e. The van der Waals surface area contributed by atoms with Crippen molar-refractivity contribution in [2.24, 2.45) is 0 Å². The van der Waals surface area contributed by atoms with Crippen LogP contribution in [-0.2, 0) is 21.2 Å². The van der Waals surface area contributed by atoms with Crippen molar-refractivity contribution >= 4 is 33.2 Å². The third kappa shape index (κ3) is 6.09. The van der Waals surface area contributed by atoms with E-state index in [0.717, 1.165) is 5.56 Å². The smallest absolute Gasteiger partial charge is 0.243 e. The van der Waals surface area contributed by atoms with Crippen molar-refractivity contribution < 1.29 is 13.2 Å². The van der Waals surface area contributed by atoms with Crippen LogP contribution in [0.2, 0.25) is 5.02 Å². The Balaban J connectivity index is 1.47. The summed E-state index contributed by atoms with van der Waals surface area (Å²) < 4.78 is 28.3. The number of sulfonamides is 1.